The van der Waals surface area contributed by atoms with Gasteiger partial charge in [-0.2, -0.15) is 0 Å². The molecule has 0 bridgehead atoms. The van der Waals surface area contributed by atoms with E-state index < -0.39 is 0 Å². The second-order valence-corrected chi connectivity index (χ2v) is 8.03. The van der Waals surface area contributed by atoms with Crippen molar-refractivity contribution in [2.24, 2.45) is 0 Å². The van der Waals surface area contributed by atoms with Gasteiger partial charge in [-0.05, 0) is 74.2 Å². The van der Waals surface area contributed by atoms with Crippen LogP contribution < -0.4 is 5.32 Å². The summed E-state index contributed by atoms with van der Waals surface area (Å²) in [6.45, 7) is 2.76. The normalized spacial score (nSPS) is 12.7. The van der Waals surface area contributed by atoms with E-state index >= 15 is 0 Å². The first-order valence-electron chi connectivity index (χ1n) is 5.64. The summed E-state index contributed by atoms with van der Waals surface area (Å²) in [5.41, 5.74) is 1.64. The van der Waals surface area contributed by atoms with Gasteiger partial charge in [0.05, 0.1) is 13.9 Å². The summed E-state index contributed by atoms with van der Waals surface area (Å²) in [6.07, 6.45) is 0. The topological polar surface area (TPSA) is 12.0 Å². The van der Waals surface area contributed by atoms with Gasteiger partial charge in [0.25, 0.3) is 0 Å². The average molecular weight is 475 g/mol. The van der Waals surface area contributed by atoms with E-state index in [0.717, 1.165) is 12.1 Å². The van der Waals surface area contributed by atoms with Crippen LogP contribution in [0.2, 0.25) is 5.02 Å². The Balaban J connectivity index is 2.47. The van der Waals surface area contributed by atoms with Gasteiger partial charge in [0.1, 0.15) is 5.82 Å². The van der Waals surface area contributed by atoms with Crippen molar-refractivity contribution in [1.29, 1.82) is 0 Å². The number of benzene rings is 1. The van der Waals surface area contributed by atoms with Crippen LogP contribution in [0, 0.1) is 8.70 Å². The molecule has 1 aromatic carbocycles. The number of nitrogens with one attached hydrogen (secondary N) is 1. The highest BCUT2D eigenvalue weighted by atomic mass is 127. The van der Waals surface area contributed by atoms with Gasteiger partial charge in [0.15, 0.2) is 0 Å². The Hall–Kier alpha value is 0.310. The first-order valence-corrected chi connectivity index (χ1v) is 8.77. The molecule has 0 fully saturated rings. The highest BCUT2D eigenvalue weighted by Gasteiger charge is 2.19. The third kappa shape index (κ3) is 3.69. The zero-order valence-corrected chi connectivity index (χ0v) is 15.3. The summed E-state index contributed by atoms with van der Waals surface area (Å²) >= 11 is 13.2. The first-order chi connectivity index (χ1) is 9.02. The quantitative estimate of drug-likeness (QED) is 0.449. The maximum atomic E-state index is 14.2. The smallest absolute Gasteiger partial charge is 0.129 e. The minimum atomic E-state index is -0.261. The fraction of sp³-hybridized carbons (Fsp3) is 0.231. The molecule has 1 unspecified atom stereocenters. The van der Waals surface area contributed by atoms with Crippen LogP contribution in [0.3, 0.4) is 0 Å². The summed E-state index contributed by atoms with van der Waals surface area (Å²) in [6, 6.07) is 4.99. The number of hydrogen-bond acceptors (Lipinski definition) is 2. The van der Waals surface area contributed by atoms with E-state index in [-0.39, 0.29) is 11.9 Å². The summed E-state index contributed by atoms with van der Waals surface area (Å²) in [4.78, 5) is 0. The number of rotatable bonds is 4. The van der Waals surface area contributed by atoms with E-state index in [4.69, 9.17) is 11.6 Å². The lowest BCUT2D eigenvalue weighted by molar-refractivity contribution is 0.559. The van der Waals surface area contributed by atoms with E-state index in [0.29, 0.717) is 15.1 Å². The van der Waals surface area contributed by atoms with Crippen LogP contribution in [0.15, 0.2) is 28.1 Å². The molecule has 1 aromatic heterocycles. The minimum absolute atomic E-state index is 0.171. The maximum absolute atomic E-state index is 14.2. The van der Waals surface area contributed by atoms with Gasteiger partial charge >= 0.3 is 0 Å². The van der Waals surface area contributed by atoms with Gasteiger partial charge in [0, 0.05) is 10.0 Å². The zero-order chi connectivity index (χ0) is 14.0. The van der Waals surface area contributed by atoms with Crippen LogP contribution in [0.5, 0.6) is 0 Å². The molecule has 0 aliphatic rings. The average Bonchev–Trinajstić information content (AvgIpc) is 2.78. The lowest BCUT2D eigenvalue weighted by Crippen LogP contribution is -2.22. The van der Waals surface area contributed by atoms with Gasteiger partial charge in [-0.25, -0.2) is 4.39 Å². The Morgan fingerprint density at radius 1 is 1.47 bits per heavy atom. The van der Waals surface area contributed by atoms with E-state index in [1.54, 1.807) is 17.4 Å². The second kappa shape index (κ2) is 6.85. The molecule has 0 aliphatic carbocycles. The third-order valence-corrected chi connectivity index (χ3v) is 5.68. The summed E-state index contributed by atoms with van der Waals surface area (Å²) in [7, 11) is 0. The van der Waals surface area contributed by atoms with Gasteiger partial charge in [-0.1, -0.05) is 18.5 Å². The first kappa shape index (κ1) is 15.7. The predicted octanol–water partition coefficient (Wildman–Crippen LogP) is 5.61. The molecule has 0 spiro atoms. The van der Waals surface area contributed by atoms with Crippen molar-refractivity contribution in [3.63, 3.8) is 0 Å². The highest BCUT2D eigenvalue weighted by Crippen LogP contribution is 2.33. The number of thiophene rings is 1. The molecule has 2 aromatic rings. The molecule has 1 atom stereocenters. The Labute approximate surface area is 142 Å². The molecule has 0 aliphatic heterocycles. The molecule has 0 saturated carbocycles. The molecule has 0 radical (unpaired) electrons. The van der Waals surface area contributed by atoms with Gasteiger partial charge < -0.3 is 5.32 Å². The Morgan fingerprint density at radius 2 is 2.21 bits per heavy atom. The molecular formula is C13H11BrClFINS. The van der Waals surface area contributed by atoms with Crippen LogP contribution in [0.1, 0.15) is 24.1 Å². The third-order valence-electron chi connectivity index (χ3n) is 2.68. The molecule has 1 heterocycles. The molecule has 1 nitrogen and oxygen atoms in total. The van der Waals surface area contributed by atoms with Crippen LogP contribution in [-0.2, 0) is 0 Å². The van der Waals surface area contributed by atoms with E-state index in [9.17, 15) is 4.39 Å². The van der Waals surface area contributed by atoms with E-state index in [2.05, 4.69) is 49.9 Å². The standard InChI is InChI=1S/C13H11BrClFINS/c1-2-18-13(7-3-12(17)19-6-7)8-4-10(15)9(14)5-11(8)16/h3-6,13,18H,2H2,1H3. The van der Waals surface area contributed by atoms with Gasteiger partial charge in [-0.3, -0.25) is 0 Å². The number of halogens is 4. The zero-order valence-electron chi connectivity index (χ0n) is 10.0. The fourth-order valence-electron chi connectivity index (χ4n) is 1.85. The summed E-state index contributed by atoms with van der Waals surface area (Å²) < 4.78 is 15.9. The molecule has 1 N–H and O–H groups in total. The van der Waals surface area contributed by atoms with Crippen LogP contribution in [0.4, 0.5) is 4.39 Å². The summed E-state index contributed by atoms with van der Waals surface area (Å²) in [5.74, 6) is -0.261. The van der Waals surface area contributed by atoms with Crippen molar-refractivity contribution in [3.8, 4) is 0 Å². The number of hydrogen-bond donors (Lipinski definition) is 1. The van der Waals surface area contributed by atoms with Crippen molar-refractivity contribution in [3.05, 3.63) is 52.9 Å². The molecule has 102 valence electrons. The molecule has 0 saturated heterocycles. The van der Waals surface area contributed by atoms with Crippen molar-refractivity contribution in [1.82, 2.24) is 5.32 Å². The van der Waals surface area contributed by atoms with Crippen molar-refractivity contribution < 1.29 is 4.39 Å². The SMILES string of the molecule is CCNC(c1csc(I)c1)c1cc(Cl)c(Br)cc1F. The van der Waals surface area contributed by atoms with Gasteiger partial charge in [0.2, 0.25) is 0 Å². The van der Waals surface area contributed by atoms with Crippen molar-refractivity contribution >= 4 is 61.5 Å². The second-order valence-electron chi connectivity index (χ2n) is 3.96. The summed E-state index contributed by atoms with van der Waals surface area (Å²) in [5, 5.41) is 5.87. The predicted molar refractivity (Wildman–Crippen MR) is 91.7 cm³/mol. The van der Waals surface area contributed by atoms with Crippen LogP contribution in [-0.4, -0.2) is 6.54 Å². The largest absolute Gasteiger partial charge is 0.306 e. The molecule has 0 amide bonds. The lowest BCUT2D eigenvalue weighted by Gasteiger charge is -2.18. The van der Waals surface area contributed by atoms with E-state index in [1.165, 1.54) is 8.95 Å². The molecular weight excluding hydrogens is 463 g/mol. The maximum Gasteiger partial charge on any atom is 0.129 e. The monoisotopic (exact) mass is 473 g/mol. The van der Waals surface area contributed by atoms with E-state index in [1.807, 2.05) is 12.3 Å². The van der Waals surface area contributed by atoms with Crippen LogP contribution >= 0.6 is 61.5 Å². The van der Waals surface area contributed by atoms with Gasteiger partial charge in [-0.15, -0.1) is 11.3 Å². The van der Waals surface area contributed by atoms with Crippen molar-refractivity contribution in [2.75, 3.05) is 6.54 Å². The Kier molecular flexibility index (Phi) is 5.65. The van der Waals surface area contributed by atoms with Crippen molar-refractivity contribution in [2.45, 2.75) is 13.0 Å². The Bertz CT molecular complexity index is 590. The Morgan fingerprint density at radius 3 is 2.79 bits per heavy atom. The molecule has 6 heteroatoms. The fourth-order valence-corrected chi connectivity index (χ4v) is 3.73. The minimum Gasteiger partial charge on any atom is -0.306 e. The van der Waals surface area contributed by atoms with Crippen LogP contribution in [0.25, 0.3) is 0 Å². The lowest BCUT2D eigenvalue weighted by atomic mass is 10.0. The highest BCUT2D eigenvalue weighted by molar-refractivity contribution is 14.1. The molecule has 19 heavy (non-hydrogen) atoms. The molecule has 2 rings (SSSR count).